The third kappa shape index (κ3) is 2.12. The van der Waals surface area contributed by atoms with Crippen LogP contribution in [0.25, 0.3) is 22.6 Å². The summed E-state index contributed by atoms with van der Waals surface area (Å²) in [6, 6.07) is 9.57. The van der Waals surface area contributed by atoms with E-state index in [0.29, 0.717) is 22.4 Å². The van der Waals surface area contributed by atoms with Crippen LogP contribution in [0, 0.1) is 10.1 Å². The van der Waals surface area contributed by atoms with E-state index in [0.717, 1.165) is 4.47 Å². The number of nitro groups is 1. The summed E-state index contributed by atoms with van der Waals surface area (Å²) in [6.07, 6.45) is 0. The molecule has 0 unspecified atom stereocenters. The van der Waals surface area contributed by atoms with Crippen LogP contribution in [0.15, 0.2) is 45.3 Å². The van der Waals surface area contributed by atoms with Crippen molar-refractivity contribution in [3.05, 3.63) is 51.0 Å². The van der Waals surface area contributed by atoms with E-state index >= 15 is 0 Å². The Morgan fingerprint density at radius 3 is 2.80 bits per heavy atom. The molecule has 7 heteroatoms. The molecule has 0 aliphatic heterocycles. The second kappa shape index (κ2) is 4.61. The quantitative estimate of drug-likeness (QED) is 0.437. The Hall–Kier alpha value is -2.41. The van der Waals surface area contributed by atoms with Crippen LogP contribution in [-0.2, 0) is 0 Å². The molecule has 0 spiro atoms. The number of rotatable bonds is 2. The highest BCUT2D eigenvalue weighted by Gasteiger charge is 2.15. The van der Waals surface area contributed by atoms with E-state index in [1.54, 1.807) is 12.1 Å². The Balaban J connectivity index is 2.19. The molecule has 0 fully saturated rings. The first kappa shape index (κ1) is 12.6. The summed E-state index contributed by atoms with van der Waals surface area (Å²) in [5.41, 5.74) is 7.81. The maximum Gasteiger partial charge on any atom is 0.270 e. The lowest BCUT2D eigenvalue weighted by Gasteiger charge is -2.00. The first-order valence-electron chi connectivity index (χ1n) is 5.65. The molecule has 100 valence electrons. The van der Waals surface area contributed by atoms with Gasteiger partial charge in [0.2, 0.25) is 5.89 Å². The van der Waals surface area contributed by atoms with Gasteiger partial charge in [0.15, 0.2) is 5.58 Å². The minimum atomic E-state index is -0.484. The maximum absolute atomic E-state index is 10.8. The SMILES string of the molecule is Nc1ccc([N+](=O)[O-])cc1-c1nc2cc(Br)ccc2o1. The fourth-order valence-electron chi connectivity index (χ4n) is 1.86. The highest BCUT2D eigenvalue weighted by atomic mass is 79.9. The second-order valence-corrected chi connectivity index (χ2v) is 5.08. The van der Waals surface area contributed by atoms with Gasteiger partial charge in [-0.2, -0.15) is 0 Å². The summed E-state index contributed by atoms with van der Waals surface area (Å²) in [7, 11) is 0. The van der Waals surface area contributed by atoms with Crippen molar-refractivity contribution in [2.24, 2.45) is 0 Å². The zero-order valence-corrected chi connectivity index (χ0v) is 11.6. The van der Waals surface area contributed by atoms with E-state index in [2.05, 4.69) is 20.9 Å². The van der Waals surface area contributed by atoms with E-state index in [1.807, 2.05) is 6.07 Å². The van der Waals surface area contributed by atoms with E-state index in [-0.39, 0.29) is 11.6 Å². The number of nitrogens with two attached hydrogens (primary N) is 1. The van der Waals surface area contributed by atoms with Gasteiger partial charge in [0.1, 0.15) is 5.52 Å². The van der Waals surface area contributed by atoms with Gasteiger partial charge in [-0.1, -0.05) is 15.9 Å². The van der Waals surface area contributed by atoms with Crippen molar-refractivity contribution in [2.75, 3.05) is 5.73 Å². The van der Waals surface area contributed by atoms with Crippen LogP contribution in [-0.4, -0.2) is 9.91 Å². The van der Waals surface area contributed by atoms with Gasteiger partial charge < -0.3 is 10.2 Å². The first-order valence-corrected chi connectivity index (χ1v) is 6.44. The molecule has 0 aliphatic rings. The van der Waals surface area contributed by atoms with Crippen LogP contribution in [0.3, 0.4) is 0 Å². The maximum atomic E-state index is 10.8. The zero-order chi connectivity index (χ0) is 14.3. The average Bonchev–Trinajstić information content (AvgIpc) is 2.81. The summed E-state index contributed by atoms with van der Waals surface area (Å²) in [5.74, 6) is 0.263. The largest absolute Gasteiger partial charge is 0.436 e. The standard InChI is InChI=1S/C13H8BrN3O3/c14-7-1-4-12-11(5-7)16-13(20-12)9-6-8(17(18)19)2-3-10(9)15/h1-6H,15H2. The van der Waals surface area contributed by atoms with Crippen LogP contribution in [0.5, 0.6) is 0 Å². The molecule has 0 saturated carbocycles. The Labute approximate surface area is 121 Å². The molecule has 0 radical (unpaired) electrons. The van der Waals surface area contributed by atoms with Crippen molar-refractivity contribution in [3.8, 4) is 11.5 Å². The third-order valence-electron chi connectivity index (χ3n) is 2.83. The molecule has 0 saturated heterocycles. The lowest BCUT2D eigenvalue weighted by atomic mass is 10.1. The Morgan fingerprint density at radius 1 is 1.25 bits per heavy atom. The van der Waals surface area contributed by atoms with E-state index in [9.17, 15) is 10.1 Å². The normalized spacial score (nSPS) is 10.8. The number of oxazole rings is 1. The molecule has 1 heterocycles. The molecule has 3 aromatic rings. The highest BCUT2D eigenvalue weighted by molar-refractivity contribution is 9.10. The van der Waals surface area contributed by atoms with Crippen molar-refractivity contribution < 1.29 is 9.34 Å². The fourth-order valence-corrected chi connectivity index (χ4v) is 2.21. The van der Waals surface area contributed by atoms with Gasteiger partial charge in [-0.25, -0.2) is 4.98 Å². The number of nitrogens with zero attached hydrogens (tertiary/aromatic N) is 2. The fraction of sp³-hybridized carbons (Fsp3) is 0. The van der Waals surface area contributed by atoms with Crippen molar-refractivity contribution >= 4 is 38.4 Å². The van der Waals surface area contributed by atoms with Gasteiger partial charge in [0, 0.05) is 22.3 Å². The summed E-state index contributed by atoms with van der Waals surface area (Å²) in [4.78, 5) is 14.6. The van der Waals surface area contributed by atoms with Crippen LogP contribution in [0.2, 0.25) is 0 Å². The van der Waals surface area contributed by atoms with Gasteiger partial charge in [-0.05, 0) is 24.3 Å². The van der Waals surface area contributed by atoms with Gasteiger partial charge >= 0.3 is 0 Å². The van der Waals surface area contributed by atoms with Crippen molar-refractivity contribution in [1.82, 2.24) is 4.98 Å². The van der Waals surface area contributed by atoms with Gasteiger partial charge in [0.05, 0.1) is 10.5 Å². The highest BCUT2D eigenvalue weighted by Crippen LogP contribution is 2.32. The Kier molecular flexibility index (Phi) is 2.90. The number of halogens is 1. The molecule has 0 aliphatic carbocycles. The number of benzene rings is 2. The summed E-state index contributed by atoms with van der Waals surface area (Å²) in [5, 5.41) is 10.8. The number of anilines is 1. The smallest absolute Gasteiger partial charge is 0.270 e. The van der Waals surface area contributed by atoms with E-state index in [4.69, 9.17) is 10.2 Å². The lowest BCUT2D eigenvalue weighted by molar-refractivity contribution is -0.384. The minimum Gasteiger partial charge on any atom is -0.436 e. The first-order chi connectivity index (χ1) is 9.54. The number of hydrogen-bond acceptors (Lipinski definition) is 5. The molecule has 6 nitrogen and oxygen atoms in total. The molecular weight excluding hydrogens is 326 g/mol. The molecule has 20 heavy (non-hydrogen) atoms. The van der Waals surface area contributed by atoms with Crippen LogP contribution >= 0.6 is 15.9 Å². The monoisotopic (exact) mass is 333 g/mol. The zero-order valence-electron chi connectivity index (χ0n) is 10.0. The van der Waals surface area contributed by atoms with Crippen molar-refractivity contribution in [2.45, 2.75) is 0 Å². The molecule has 3 rings (SSSR count). The average molecular weight is 334 g/mol. The third-order valence-corrected chi connectivity index (χ3v) is 3.32. The Morgan fingerprint density at radius 2 is 2.05 bits per heavy atom. The summed E-state index contributed by atoms with van der Waals surface area (Å²) in [6.45, 7) is 0. The van der Waals surface area contributed by atoms with Gasteiger partial charge in [-0.15, -0.1) is 0 Å². The Bertz CT molecular complexity index is 829. The number of nitro benzene ring substituents is 1. The molecule has 0 atom stereocenters. The molecule has 2 aromatic carbocycles. The lowest BCUT2D eigenvalue weighted by Crippen LogP contribution is -1.93. The minimum absolute atomic E-state index is 0.0577. The van der Waals surface area contributed by atoms with E-state index in [1.165, 1.54) is 18.2 Å². The van der Waals surface area contributed by atoms with Gasteiger partial charge in [-0.3, -0.25) is 10.1 Å². The summed E-state index contributed by atoms with van der Waals surface area (Å²) >= 11 is 3.35. The van der Waals surface area contributed by atoms with Crippen LogP contribution in [0.4, 0.5) is 11.4 Å². The molecule has 0 amide bonds. The molecule has 0 bridgehead atoms. The van der Waals surface area contributed by atoms with Crippen molar-refractivity contribution in [3.63, 3.8) is 0 Å². The van der Waals surface area contributed by atoms with E-state index < -0.39 is 4.92 Å². The topological polar surface area (TPSA) is 95.2 Å². The predicted octanol–water partition coefficient (Wildman–Crippen LogP) is 3.75. The van der Waals surface area contributed by atoms with Crippen molar-refractivity contribution in [1.29, 1.82) is 0 Å². The molecular formula is C13H8BrN3O3. The van der Waals surface area contributed by atoms with Crippen LogP contribution in [0.1, 0.15) is 0 Å². The summed E-state index contributed by atoms with van der Waals surface area (Å²) < 4.78 is 6.46. The van der Waals surface area contributed by atoms with Gasteiger partial charge in [0.25, 0.3) is 5.69 Å². The number of aromatic nitrogens is 1. The second-order valence-electron chi connectivity index (χ2n) is 4.16. The molecule has 2 N–H and O–H groups in total. The number of hydrogen-bond donors (Lipinski definition) is 1. The number of nitrogen functional groups attached to an aromatic ring is 1. The predicted molar refractivity (Wildman–Crippen MR) is 78.2 cm³/mol. The number of non-ortho nitro benzene ring substituents is 1. The number of fused-ring (bicyclic) bond motifs is 1. The molecule has 1 aromatic heterocycles. The van der Waals surface area contributed by atoms with Crippen LogP contribution < -0.4 is 5.73 Å².